The zero-order valence-corrected chi connectivity index (χ0v) is 17.6. The van der Waals surface area contributed by atoms with E-state index in [1.165, 1.54) is 0 Å². The number of aliphatic imine (C=N–C) groups is 1. The molecule has 1 aromatic carbocycles. The summed E-state index contributed by atoms with van der Waals surface area (Å²) in [7, 11) is 1.84. The Kier molecular flexibility index (Phi) is 4.16. The molecule has 1 amide bonds. The predicted octanol–water partition coefficient (Wildman–Crippen LogP) is 2.71. The molecule has 9 heteroatoms. The fourth-order valence-corrected chi connectivity index (χ4v) is 4.30. The number of amides is 1. The van der Waals surface area contributed by atoms with Gasteiger partial charge < -0.3 is 10.7 Å². The number of pyridine rings is 1. The van der Waals surface area contributed by atoms with Crippen molar-refractivity contribution in [3.63, 3.8) is 0 Å². The number of fused-ring (bicyclic) bond motifs is 2. The number of aryl methyl sites for hydroxylation is 1. The van der Waals surface area contributed by atoms with Gasteiger partial charge in [0.1, 0.15) is 11.8 Å². The van der Waals surface area contributed by atoms with Crippen LogP contribution in [0.5, 0.6) is 0 Å². The number of hydrogen-bond donors (Lipinski definition) is 3. The van der Waals surface area contributed by atoms with Gasteiger partial charge in [0.05, 0.1) is 28.8 Å². The van der Waals surface area contributed by atoms with Crippen molar-refractivity contribution in [1.29, 1.82) is 5.41 Å². The molecule has 33 heavy (non-hydrogen) atoms. The summed E-state index contributed by atoms with van der Waals surface area (Å²) in [5.74, 6) is -0.714. The summed E-state index contributed by atoms with van der Waals surface area (Å²) in [6.07, 6.45) is 8.79. The summed E-state index contributed by atoms with van der Waals surface area (Å²) in [5, 5.41) is 24.4. The molecule has 1 aliphatic carbocycles. The van der Waals surface area contributed by atoms with Crippen LogP contribution in [-0.2, 0) is 11.8 Å². The Morgan fingerprint density at radius 1 is 1.12 bits per heavy atom. The molecule has 4 aromatic rings. The second-order valence-electron chi connectivity index (χ2n) is 7.90. The standard InChI is InChI=1S/C24H18N8O/c1-32-10-7-19(31-32)16-11-15(14-3-2-4-18-17(14)12-27-30-18)21(25)20-22(16)28-23(29-24(20)33)13-5-8-26-9-6-13/h2-12,20,25H,1H3,(H,27,30)(H,28,29,33). The van der Waals surface area contributed by atoms with Crippen LogP contribution >= 0.6 is 0 Å². The summed E-state index contributed by atoms with van der Waals surface area (Å²) in [4.78, 5) is 22.2. The van der Waals surface area contributed by atoms with Crippen LogP contribution < -0.4 is 5.32 Å². The highest BCUT2D eigenvalue weighted by Gasteiger charge is 2.39. The number of H-pyrrole nitrogens is 1. The molecular formula is C24H18N8O. The van der Waals surface area contributed by atoms with Crippen LogP contribution in [0.4, 0.5) is 0 Å². The molecule has 3 N–H and O–H groups in total. The van der Waals surface area contributed by atoms with Crippen LogP contribution in [0.15, 0.2) is 78.0 Å². The monoisotopic (exact) mass is 434 g/mol. The quantitative estimate of drug-likeness (QED) is 0.458. The third-order valence-electron chi connectivity index (χ3n) is 5.87. The third-order valence-corrected chi connectivity index (χ3v) is 5.87. The summed E-state index contributed by atoms with van der Waals surface area (Å²) in [6.45, 7) is 0. The van der Waals surface area contributed by atoms with Crippen LogP contribution in [0.3, 0.4) is 0 Å². The zero-order valence-electron chi connectivity index (χ0n) is 17.6. The van der Waals surface area contributed by atoms with Crippen molar-refractivity contribution in [3.05, 3.63) is 89.8 Å². The van der Waals surface area contributed by atoms with E-state index in [0.29, 0.717) is 28.4 Å². The molecule has 1 aliphatic heterocycles. The minimum Gasteiger partial charge on any atom is -0.309 e. The molecule has 2 aliphatic rings. The number of allylic oxidation sites excluding steroid dienone is 3. The van der Waals surface area contributed by atoms with E-state index in [1.54, 1.807) is 35.4 Å². The Hall–Kier alpha value is -4.66. The first-order chi connectivity index (χ1) is 16.1. The van der Waals surface area contributed by atoms with E-state index in [9.17, 15) is 4.79 Å². The molecule has 1 unspecified atom stereocenters. The second kappa shape index (κ2) is 7.20. The number of rotatable bonds is 3. The highest BCUT2D eigenvalue weighted by Crippen LogP contribution is 2.40. The van der Waals surface area contributed by atoms with E-state index in [1.807, 2.05) is 43.6 Å². The van der Waals surface area contributed by atoms with Crippen molar-refractivity contribution in [2.45, 2.75) is 0 Å². The largest absolute Gasteiger partial charge is 0.309 e. The highest BCUT2D eigenvalue weighted by molar-refractivity contribution is 6.36. The van der Waals surface area contributed by atoms with Crippen molar-refractivity contribution in [3.8, 4) is 0 Å². The molecule has 0 spiro atoms. The van der Waals surface area contributed by atoms with Gasteiger partial charge in [-0.05, 0) is 35.9 Å². The number of carbonyl (C=O) groups is 1. The summed E-state index contributed by atoms with van der Waals surface area (Å²) < 4.78 is 1.71. The fourth-order valence-electron chi connectivity index (χ4n) is 4.30. The Bertz CT molecular complexity index is 1540. The Labute approximate surface area is 188 Å². The van der Waals surface area contributed by atoms with Gasteiger partial charge in [-0.1, -0.05) is 12.1 Å². The smallest absolute Gasteiger partial charge is 0.240 e. The maximum absolute atomic E-state index is 13.3. The van der Waals surface area contributed by atoms with Gasteiger partial charge in [0.25, 0.3) is 0 Å². The van der Waals surface area contributed by atoms with Crippen LogP contribution in [0.25, 0.3) is 22.0 Å². The molecule has 0 bridgehead atoms. The summed E-state index contributed by atoms with van der Waals surface area (Å²) in [5.41, 5.74) is 5.19. The van der Waals surface area contributed by atoms with Gasteiger partial charge in [0, 0.05) is 47.7 Å². The fraction of sp³-hybridized carbons (Fsp3) is 0.0833. The number of hydrogen-bond acceptors (Lipinski definition) is 6. The first-order valence-corrected chi connectivity index (χ1v) is 10.4. The summed E-state index contributed by atoms with van der Waals surface area (Å²) in [6, 6.07) is 11.2. The lowest BCUT2D eigenvalue weighted by atomic mass is 9.79. The maximum Gasteiger partial charge on any atom is 0.240 e. The van der Waals surface area contributed by atoms with Crippen LogP contribution in [0.1, 0.15) is 16.8 Å². The number of amidine groups is 1. The third kappa shape index (κ3) is 3.01. The van der Waals surface area contributed by atoms with Crippen molar-refractivity contribution in [2.24, 2.45) is 18.0 Å². The molecule has 9 nitrogen and oxygen atoms in total. The molecule has 0 saturated heterocycles. The van der Waals surface area contributed by atoms with Gasteiger partial charge in [-0.25, -0.2) is 4.99 Å². The molecule has 0 saturated carbocycles. The van der Waals surface area contributed by atoms with Gasteiger partial charge in [-0.15, -0.1) is 0 Å². The number of nitrogens with zero attached hydrogens (tertiary/aromatic N) is 5. The Morgan fingerprint density at radius 2 is 1.97 bits per heavy atom. The van der Waals surface area contributed by atoms with Gasteiger partial charge in [0.15, 0.2) is 0 Å². The molecular weight excluding hydrogens is 416 g/mol. The molecule has 160 valence electrons. The summed E-state index contributed by atoms with van der Waals surface area (Å²) >= 11 is 0. The minimum absolute atomic E-state index is 0.188. The second-order valence-corrected chi connectivity index (χ2v) is 7.90. The number of aromatic amines is 1. The average Bonchev–Trinajstić information content (AvgIpc) is 3.48. The lowest BCUT2D eigenvalue weighted by molar-refractivity contribution is -0.121. The van der Waals surface area contributed by atoms with E-state index in [-0.39, 0.29) is 11.6 Å². The van der Waals surface area contributed by atoms with E-state index >= 15 is 0 Å². The van der Waals surface area contributed by atoms with Crippen LogP contribution in [0, 0.1) is 11.3 Å². The normalized spacial score (nSPS) is 18.2. The Balaban J connectivity index is 1.62. The number of nitrogens with one attached hydrogen (secondary N) is 3. The first kappa shape index (κ1) is 19.1. The van der Waals surface area contributed by atoms with E-state index in [0.717, 1.165) is 22.0 Å². The molecule has 0 fully saturated rings. The molecule has 0 radical (unpaired) electrons. The van der Waals surface area contributed by atoms with Crippen LogP contribution in [-0.4, -0.2) is 42.4 Å². The van der Waals surface area contributed by atoms with Crippen molar-refractivity contribution >= 4 is 39.5 Å². The van der Waals surface area contributed by atoms with Crippen molar-refractivity contribution in [1.82, 2.24) is 30.3 Å². The lowest BCUT2D eigenvalue weighted by Gasteiger charge is -2.30. The van der Waals surface area contributed by atoms with Gasteiger partial charge in [0.2, 0.25) is 5.91 Å². The van der Waals surface area contributed by atoms with Gasteiger partial charge in [-0.3, -0.25) is 19.6 Å². The predicted molar refractivity (Wildman–Crippen MR) is 124 cm³/mol. The van der Waals surface area contributed by atoms with Crippen molar-refractivity contribution in [2.75, 3.05) is 0 Å². The van der Waals surface area contributed by atoms with Crippen LogP contribution in [0.2, 0.25) is 0 Å². The molecule has 6 rings (SSSR count). The highest BCUT2D eigenvalue weighted by atomic mass is 16.2. The number of benzene rings is 1. The Morgan fingerprint density at radius 3 is 2.76 bits per heavy atom. The topological polar surface area (TPSA) is 125 Å². The molecule has 1 atom stereocenters. The SMILES string of the molecule is Cn1ccc(C2=C3N=C(c4ccncc4)NC(=O)C3C(=N)C(c3cccc4[nH]ncc34)=C2)n1. The zero-order chi connectivity index (χ0) is 22.5. The number of carbonyl (C=O) groups excluding carboxylic acids is 1. The molecule has 3 aromatic heterocycles. The maximum atomic E-state index is 13.3. The van der Waals surface area contributed by atoms with Crippen molar-refractivity contribution < 1.29 is 4.79 Å². The average molecular weight is 434 g/mol. The van der Waals surface area contributed by atoms with Gasteiger partial charge >= 0.3 is 0 Å². The number of aromatic nitrogens is 5. The van der Waals surface area contributed by atoms with E-state index in [4.69, 9.17) is 10.4 Å². The lowest BCUT2D eigenvalue weighted by Crippen LogP contribution is -2.45. The van der Waals surface area contributed by atoms with E-state index < -0.39 is 5.92 Å². The first-order valence-electron chi connectivity index (χ1n) is 10.4. The van der Waals surface area contributed by atoms with Gasteiger partial charge in [-0.2, -0.15) is 10.2 Å². The minimum atomic E-state index is -0.852. The van der Waals surface area contributed by atoms with E-state index in [2.05, 4.69) is 25.6 Å². The molecule has 4 heterocycles.